The van der Waals surface area contributed by atoms with Gasteiger partial charge >= 0.3 is 5.97 Å². The quantitative estimate of drug-likeness (QED) is 0.681. The molecule has 3 unspecified atom stereocenters. The van der Waals surface area contributed by atoms with E-state index in [1.54, 1.807) is 6.92 Å². The van der Waals surface area contributed by atoms with Crippen LogP contribution in [0.3, 0.4) is 0 Å². The SMILES string of the molecule is CC(=O)N1CCCN(C2CN(C3CCOC3=O)CC2C)CC1. The average molecular weight is 309 g/mol. The van der Waals surface area contributed by atoms with Crippen molar-refractivity contribution in [3.05, 3.63) is 0 Å². The lowest BCUT2D eigenvalue weighted by atomic mass is 10.0. The third-order valence-electron chi connectivity index (χ3n) is 5.39. The van der Waals surface area contributed by atoms with Crippen LogP contribution in [0.4, 0.5) is 0 Å². The van der Waals surface area contributed by atoms with Crippen molar-refractivity contribution in [3.63, 3.8) is 0 Å². The van der Waals surface area contributed by atoms with E-state index in [4.69, 9.17) is 4.74 Å². The van der Waals surface area contributed by atoms with E-state index in [0.717, 1.165) is 52.1 Å². The van der Waals surface area contributed by atoms with Crippen molar-refractivity contribution in [3.8, 4) is 0 Å². The van der Waals surface area contributed by atoms with Crippen molar-refractivity contribution in [2.45, 2.75) is 38.8 Å². The molecule has 22 heavy (non-hydrogen) atoms. The summed E-state index contributed by atoms with van der Waals surface area (Å²) in [6, 6.07) is 0.452. The lowest BCUT2D eigenvalue weighted by Crippen LogP contribution is -2.44. The molecule has 6 heteroatoms. The second-order valence-corrected chi connectivity index (χ2v) is 6.87. The zero-order valence-electron chi connectivity index (χ0n) is 13.7. The summed E-state index contributed by atoms with van der Waals surface area (Å²) in [6.07, 6.45) is 1.87. The first-order chi connectivity index (χ1) is 10.6. The molecule has 0 bridgehead atoms. The fourth-order valence-corrected chi connectivity index (χ4v) is 4.12. The molecule has 3 saturated heterocycles. The van der Waals surface area contributed by atoms with Crippen LogP contribution in [0.2, 0.25) is 0 Å². The maximum absolute atomic E-state index is 11.8. The molecule has 0 saturated carbocycles. The summed E-state index contributed by atoms with van der Waals surface area (Å²) >= 11 is 0. The van der Waals surface area contributed by atoms with E-state index in [-0.39, 0.29) is 17.9 Å². The van der Waals surface area contributed by atoms with Crippen LogP contribution in [0.5, 0.6) is 0 Å². The zero-order chi connectivity index (χ0) is 15.7. The van der Waals surface area contributed by atoms with Crippen LogP contribution in [0.25, 0.3) is 0 Å². The molecule has 0 aromatic rings. The number of nitrogens with zero attached hydrogens (tertiary/aromatic N) is 3. The maximum atomic E-state index is 11.8. The molecule has 0 aromatic heterocycles. The highest BCUT2D eigenvalue weighted by Gasteiger charge is 2.41. The number of likely N-dealkylation sites (tertiary alicyclic amines) is 1. The van der Waals surface area contributed by atoms with Crippen molar-refractivity contribution in [1.82, 2.24) is 14.7 Å². The number of cyclic esters (lactones) is 1. The topological polar surface area (TPSA) is 53.1 Å². The minimum atomic E-state index is -0.0496. The molecular formula is C16H27N3O3. The minimum absolute atomic E-state index is 0.0341. The molecule has 0 N–H and O–H groups in total. The number of esters is 1. The van der Waals surface area contributed by atoms with Gasteiger partial charge in [0.05, 0.1) is 6.61 Å². The van der Waals surface area contributed by atoms with E-state index in [2.05, 4.69) is 16.7 Å². The van der Waals surface area contributed by atoms with Crippen molar-refractivity contribution < 1.29 is 14.3 Å². The molecule has 3 heterocycles. The van der Waals surface area contributed by atoms with Gasteiger partial charge in [0.2, 0.25) is 5.91 Å². The number of ether oxygens (including phenoxy) is 1. The standard InChI is InChI=1S/C16H27N3O3/c1-12-10-19(14-4-9-22-16(14)21)11-15(12)18-6-3-5-17(7-8-18)13(2)20/h12,14-15H,3-11H2,1-2H3. The van der Waals surface area contributed by atoms with Gasteiger partial charge in [0.15, 0.2) is 0 Å². The summed E-state index contributed by atoms with van der Waals surface area (Å²) in [5.41, 5.74) is 0. The molecule has 3 atom stereocenters. The summed E-state index contributed by atoms with van der Waals surface area (Å²) in [6.45, 7) is 10.1. The van der Waals surface area contributed by atoms with Gasteiger partial charge in [0.1, 0.15) is 6.04 Å². The maximum Gasteiger partial charge on any atom is 0.323 e. The fourth-order valence-electron chi connectivity index (χ4n) is 4.12. The molecule has 6 nitrogen and oxygen atoms in total. The number of carbonyl (C=O) groups excluding carboxylic acids is 2. The van der Waals surface area contributed by atoms with E-state index < -0.39 is 0 Å². The number of hydrogen-bond donors (Lipinski definition) is 0. The molecule has 124 valence electrons. The highest BCUT2D eigenvalue weighted by Crippen LogP contribution is 2.27. The summed E-state index contributed by atoms with van der Waals surface area (Å²) in [5, 5.41) is 0. The predicted molar refractivity (Wildman–Crippen MR) is 82.3 cm³/mol. The predicted octanol–water partition coefficient (Wildman–Crippen LogP) is 0.176. The summed E-state index contributed by atoms with van der Waals surface area (Å²) in [7, 11) is 0. The van der Waals surface area contributed by atoms with Gasteiger partial charge in [-0.2, -0.15) is 0 Å². The van der Waals surface area contributed by atoms with Gasteiger partial charge in [-0.3, -0.25) is 19.4 Å². The first-order valence-electron chi connectivity index (χ1n) is 8.46. The Bertz CT molecular complexity index is 442. The second-order valence-electron chi connectivity index (χ2n) is 6.87. The van der Waals surface area contributed by atoms with E-state index >= 15 is 0 Å². The van der Waals surface area contributed by atoms with Gasteiger partial charge in [0, 0.05) is 58.7 Å². The molecular weight excluding hydrogens is 282 g/mol. The van der Waals surface area contributed by atoms with Gasteiger partial charge in [-0.15, -0.1) is 0 Å². The molecule has 3 fully saturated rings. The smallest absolute Gasteiger partial charge is 0.323 e. The van der Waals surface area contributed by atoms with Crippen LogP contribution in [0, 0.1) is 5.92 Å². The normalized spacial score (nSPS) is 34.7. The van der Waals surface area contributed by atoms with Crippen LogP contribution in [-0.2, 0) is 14.3 Å². The monoisotopic (exact) mass is 309 g/mol. The lowest BCUT2D eigenvalue weighted by molar-refractivity contribution is -0.142. The zero-order valence-corrected chi connectivity index (χ0v) is 13.7. The molecule has 0 aliphatic carbocycles. The molecule has 0 radical (unpaired) electrons. The Kier molecular flexibility index (Phi) is 4.68. The van der Waals surface area contributed by atoms with Gasteiger partial charge in [-0.1, -0.05) is 6.92 Å². The lowest BCUT2D eigenvalue weighted by Gasteiger charge is -2.30. The van der Waals surface area contributed by atoms with Gasteiger partial charge in [-0.05, 0) is 12.3 Å². The Morgan fingerprint density at radius 1 is 1.14 bits per heavy atom. The highest BCUT2D eigenvalue weighted by atomic mass is 16.5. The third-order valence-corrected chi connectivity index (χ3v) is 5.39. The van der Waals surface area contributed by atoms with E-state index in [0.29, 0.717) is 18.6 Å². The molecule has 1 amide bonds. The average Bonchev–Trinajstić information content (AvgIpc) is 2.96. The van der Waals surface area contributed by atoms with Crippen LogP contribution in [0.15, 0.2) is 0 Å². The highest BCUT2D eigenvalue weighted by molar-refractivity contribution is 5.77. The Hall–Kier alpha value is -1.14. The Balaban J connectivity index is 1.60. The van der Waals surface area contributed by atoms with E-state index in [1.165, 1.54) is 0 Å². The Labute approximate surface area is 132 Å². The van der Waals surface area contributed by atoms with Crippen LogP contribution in [-0.4, -0.2) is 84.5 Å². The van der Waals surface area contributed by atoms with Crippen molar-refractivity contribution >= 4 is 11.9 Å². The molecule has 0 spiro atoms. The minimum Gasteiger partial charge on any atom is -0.464 e. The summed E-state index contributed by atoms with van der Waals surface area (Å²) in [4.78, 5) is 30.1. The van der Waals surface area contributed by atoms with Gasteiger partial charge in [0.25, 0.3) is 0 Å². The van der Waals surface area contributed by atoms with Crippen LogP contribution in [0.1, 0.15) is 26.7 Å². The second kappa shape index (κ2) is 6.54. The Morgan fingerprint density at radius 2 is 1.95 bits per heavy atom. The summed E-state index contributed by atoms with van der Waals surface area (Å²) < 4.78 is 5.12. The van der Waals surface area contributed by atoms with Crippen LogP contribution < -0.4 is 0 Å². The van der Waals surface area contributed by atoms with E-state index in [9.17, 15) is 9.59 Å². The third kappa shape index (κ3) is 3.13. The van der Waals surface area contributed by atoms with Crippen molar-refractivity contribution in [2.24, 2.45) is 5.92 Å². The molecule has 3 aliphatic rings. The van der Waals surface area contributed by atoms with Crippen LogP contribution >= 0.6 is 0 Å². The van der Waals surface area contributed by atoms with Crippen molar-refractivity contribution in [2.75, 3.05) is 45.9 Å². The number of rotatable bonds is 2. The fraction of sp³-hybridized carbons (Fsp3) is 0.875. The molecule has 0 aromatic carbocycles. The number of hydrogen-bond acceptors (Lipinski definition) is 5. The molecule has 3 rings (SSSR count). The van der Waals surface area contributed by atoms with Crippen molar-refractivity contribution in [1.29, 1.82) is 0 Å². The molecule has 3 aliphatic heterocycles. The largest absolute Gasteiger partial charge is 0.464 e. The number of amides is 1. The van der Waals surface area contributed by atoms with E-state index in [1.807, 2.05) is 4.90 Å². The van der Waals surface area contributed by atoms with Gasteiger partial charge < -0.3 is 9.64 Å². The Morgan fingerprint density at radius 3 is 2.64 bits per heavy atom. The van der Waals surface area contributed by atoms with Gasteiger partial charge in [-0.25, -0.2) is 0 Å². The first kappa shape index (κ1) is 15.7. The number of carbonyl (C=O) groups is 2. The first-order valence-corrected chi connectivity index (χ1v) is 8.46. The summed E-state index contributed by atoms with van der Waals surface area (Å²) in [5.74, 6) is 0.681.